The van der Waals surface area contributed by atoms with Crippen LogP contribution in [0.5, 0.6) is 0 Å². The summed E-state index contributed by atoms with van der Waals surface area (Å²) in [6.45, 7) is 5.61. The highest BCUT2D eigenvalue weighted by Gasteiger charge is 2.31. The van der Waals surface area contributed by atoms with Gasteiger partial charge in [0.05, 0.1) is 6.61 Å². The van der Waals surface area contributed by atoms with Gasteiger partial charge in [0.1, 0.15) is 5.76 Å². The smallest absolute Gasteiger partial charge is 0.371 e. The number of aliphatic hydroxyl groups excluding tert-OH is 1. The van der Waals surface area contributed by atoms with E-state index in [0.717, 1.165) is 18.5 Å². The van der Waals surface area contributed by atoms with Crippen LogP contribution in [0.1, 0.15) is 35.2 Å². The van der Waals surface area contributed by atoms with Crippen molar-refractivity contribution in [2.24, 2.45) is 5.92 Å². The second-order valence-corrected chi connectivity index (χ2v) is 4.98. The van der Waals surface area contributed by atoms with Crippen LogP contribution in [-0.2, 0) is 6.54 Å². The number of aliphatic hydroxyl groups is 1. The lowest BCUT2D eigenvalue weighted by molar-refractivity contribution is 0.0661. The SMILES string of the molecule is Cc1oc(C(=O)O)cc1CN1CCC(C)C1CO. The molecule has 18 heavy (non-hydrogen) atoms. The molecular weight excluding hydrogens is 234 g/mol. The number of carbonyl (C=O) groups is 1. The van der Waals surface area contributed by atoms with Crippen molar-refractivity contribution < 1.29 is 19.4 Å². The molecule has 1 aliphatic rings. The number of nitrogens with zero attached hydrogens (tertiary/aromatic N) is 1. The number of aryl methyl sites for hydroxylation is 1. The average molecular weight is 253 g/mol. The lowest BCUT2D eigenvalue weighted by Gasteiger charge is -2.24. The Morgan fingerprint density at radius 1 is 1.61 bits per heavy atom. The van der Waals surface area contributed by atoms with E-state index in [1.165, 1.54) is 0 Å². The molecule has 2 heterocycles. The van der Waals surface area contributed by atoms with E-state index in [4.69, 9.17) is 9.52 Å². The summed E-state index contributed by atoms with van der Waals surface area (Å²) in [6, 6.07) is 1.74. The largest absolute Gasteiger partial charge is 0.475 e. The highest BCUT2D eigenvalue weighted by atomic mass is 16.4. The van der Waals surface area contributed by atoms with Crippen molar-refractivity contribution in [2.75, 3.05) is 13.2 Å². The van der Waals surface area contributed by atoms with Crippen LogP contribution in [0.25, 0.3) is 0 Å². The quantitative estimate of drug-likeness (QED) is 0.850. The van der Waals surface area contributed by atoms with Crippen molar-refractivity contribution in [3.05, 3.63) is 23.2 Å². The Labute approximate surface area is 106 Å². The molecule has 0 bridgehead atoms. The van der Waals surface area contributed by atoms with E-state index in [1.54, 1.807) is 13.0 Å². The number of carboxylic acids is 1. The number of carboxylic acid groups (broad SMARTS) is 1. The molecule has 0 aromatic carbocycles. The molecule has 100 valence electrons. The Hall–Kier alpha value is -1.33. The number of aromatic carboxylic acids is 1. The van der Waals surface area contributed by atoms with Crippen LogP contribution in [0.4, 0.5) is 0 Å². The lowest BCUT2D eigenvalue weighted by Crippen LogP contribution is -2.34. The van der Waals surface area contributed by atoms with E-state index in [0.29, 0.717) is 18.2 Å². The number of rotatable bonds is 4. The first-order chi connectivity index (χ1) is 8.52. The Morgan fingerprint density at radius 3 is 2.89 bits per heavy atom. The Bertz CT molecular complexity index is 440. The van der Waals surface area contributed by atoms with E-state index >= 15 is 0 Å². The topological polar surface area (TPSA) is 73.9 Å². The molecule has 5 nitrogen and oxygen atoms in total. The first-order valence-electron chi connectivity index (χ1n) is 6.20. The van der Waals surface area contributed by atoms with Gasteiger partial charge in [-0.15, -0.1) is 0 Å². The van der Waals surface area contributed by atoms with Crippen LogP contribution < -0.4 is 0 Å². The first kappa shape index (κ1) is 13.1. The van der Waals surface area contributed by atoms with Gasteiger partial charge >= 0.3 is 5.97 Å². The maximum atomic E-state index is 10.8. The van der Waals surface area contributed by atoms with Crippen molar-refractivity contribution >= 4 is 5.97 Å². The zero-order valence-electron chi connectivity index (χ0n) is 10.7. The third-order valence-corrected chi connectivity index (χ3v) is 3.79. The third-order valence-electron chi connectivity index (χ3n) is 3.79. The summed E-state index contributed by atoms with van der Waals surface area (Å²) in [5.41, 5.74) is 0.889. The molecule has 2 N–H and O–H groups in total. The molecule has 1 aliphatic heterocycles. The fourth-order valence-corrected chi connectivity index (χ4v) is 2.58. The highest BCUT2D eigenvalue weighted by molar-refractivity contribution is 5.84. The average Bonchev–Trinajstić information content (AvgIpc) is 2.84. The van der Waals surface area contributed by atoms with Crippen LogP contribution in [0.3, 0.4) is 0 Å². The standard InChI is InChI=1S/C13H19NO4/c1-8-3-4-14(11(8)7-15)6-10-5-12(13(16)17)18-9(10)2/h5,8,11,15H,3-4,6-7H2,1-2H3,(H,16,17). The molecule has 0 radical (unpaired) electrons. The van der Waals surface area contributed by atoms with Crippen LogP contribution in [0.15, 0.2) is 10.5 Å². The van der Waals surface area contributed by atoms with E-state index in [2.05, 4.69) is 11.8 Å². The predicted octanol–water partition coefficient (Wildman–Crippen LogP) is 1.49. The zero-order valence-corrected chi connectivity index (χ0v) is 10.7. The van der Waals surface area contributed by atoms with E-state index in [-0.39, 0.29) is 18.4 Å². The normalized spacial score (nSPS) is 24.6. The van der Waals surface area contributed by atoms with Crippen molar-refractivity contribution in [1.82, 2.24) is 4.90 Å². The zero-order chi connectivity index (χ0) is 13.3. The minimum Gasteiger partial charge on any atom is -0.475 e. The summed E-state index contributed by atoms with van der Waals surface area (Å²) < 4.78 is 5.19. The van der Waals surface area contributed by atoms with Crippen molar-refractivity contribution in [2.45, 2.75) is 32.9 Å². The Kier molecular flexibility index (Phi) is 3.73. The highest BCUT2D eigenvalue weighted by Crippen LogP contribution is 2.27. The van der Waals surface area contributed by atoms with E-state index in [1.807, 2.05) is 0 Å². The summed E-state index contributed by atoms with van der Waals surface area (Å²) in [5.74, 6) is 0.0536. The second kappa shape index (κ2) is 5.12. The molecule has 1 aromatic heterocycles. The van der Waals surface area contributed by atoms with Crippen LogP contribution in [0, 0.1) is 12.8 Å². The molecule has 2 atom stereocenters. The first-order valence-corrected chi connectivity index (χ1v) is 6.20. The van der Waals surface area contributed by atoms with Gasteiger partial charge in [0.15, 0.2) is 0 Å². The molecule has 2 unspecified atom stereocenters. The van der Waals surface area contributed by atoms with Gasteiger partial charge in [-0.3, -0.25) is 4.90 Å². The van der Waals surface area contributed by atoms with Crippen LogP contribution >= 0.6 is 0 Å². The van der Waals surface area contributed by atoms with Gasteiger partial charge in [-0.25, -0.2) is 4.79 Å². The molecule has 1 saturated heterocycles. The van der Waals surface area contributed by atoms with E-state index < -0.39 is 5.97 Å². The molecule has 0 aliphatic carbocycles. The number of likely N-dealkylation sites (tertiary alicyclic amines) is 1. The summed E-state index contributed by atoms with van der Waals surface area (Å²) in [7, 11) is 0. The van der Waals surface area contributed by atoms with Crippen molar-refractivity contribution in [3.63, 3.8) is 0 Å². The van der Waals surface area contributed by atoms with Gasteiger partial charge in [-0.05, 0) is 31.9 Å². The van der Waals surface area contributed by atoms with E-state index in [9.17, 15) is 9.90 Å². The fourth-order valence-electron chi connectivity index (χ4n) is 2.58. The van der Waals surface area contributed by atoms with Crippen molar-refractivity contribution in [1.29, 1.82) is 0 Å². The third kappa shape index (κ3) is 2.42. The van der Waals surface area contributed by atoms with Crippen LogP contribution in [-0.4, -0.2) is 40.3 Å². The summed E-state index contributed by atoms with van der Waals surface area (Å²) >= 11 is 0. The van der Waals surface area contributed by atoms with Gasteiger partial charge in [0, 0.05) is 18.2 Å². The molecule has 0 saturated carbocycles. The van der Waals surface area contributed by atoms with Crippen molar-refractivity contribution in [3.8, 4) is 0 Å². The molecular formula is C13H19NO4. The Balaban J connectivity index is 2.12. The van der Waals surface area contributed by atoms with Gasteiger partial charge in [-0.2, -0.15) is 0 Å². The molecule has 5 heteroatoms. The lowest BCUT2D eigenvalue weighted by atomic mass is 10.0. The molecule has 2 rings (SSSR count). The van der Waals surface area contributed by atoms with Crippen LogP contribution in [0.2, 0.25) is 0 Å². The summed E-state index contributed by atoms with van der Waals surface area (Å²) in [6.07, 6.45) is 1.06. The second-order valence-electron chi connectivity index (χ2n) is 4.98. The summed E-state index contributed by atoms with van der Waals surface area (Å²) in [5, 5.41) is 18.3. The predicted molar refractivity (Wildman–Crippen MR) is 65.5 cm³/mol. The van der Waals surface area contributed by atoms with Gasteiger partial charge in [-0.1, -0.05) is 6.92 Å². The molecule has 0 amide bonds. The number of furan rings is 1. The monoisotopic (exact) mass is 253 g/mol. The fraction of sp³-hybridized carbons (Fsp3) is 0.615. The molecule has 1 aromatic rings. The van der Waals surface area contributed by atoms with Gasteiger partial charge in [0.2, 0.25) is 5.76 Å². The molecule has 0 spiro atoms. The number of hydrogen-bond acceptors (Lipinski definition) is 4. The summed E-state index contributed by atoms with van der Waals surface area (Å²) in [4.78, 5) is 13.0. The number of hydrogen-bond donors (Lipinski definition) is 2. The van der Waals surface area contributed by atoms with Gasteiger partial charge < -0.3 is 14.6 Å². The van der Waals surface area contributed by atoms with Gasteiger partial charge in [0.25, 0.3) is 0 Å². The maximum Gasteiger partial charge on any atom is 0.371 e. The Morgan fingerprint density at radius 2 is 2.33 bits per heavy atom. The minimum absolute atomic E-state index is 0.0182. The maximum absolute atomic E-state index is 10.8. The minimum atomic E-state index is -1.04. The molecule has 1 fully saturated rings.